The van der Waals surface area contributed by atoms with Crippen LogP contribution in [0.4, 0.5) is 5.82 Å². The fourth-order valence-electron chi connectivity index (χ4n) is 1.91. The maximum Gasteiger partial charge on any atom is 0.256 e. The Kier molecular flexibility index (Phi) is 3.04. The quantitative estimate of drug-likeness (QED) is 0.677. The Hall–Kier alpha value is -2.53. The molecule has 0 radical (unpaired) electrons. The highest BCUT2D eigenvalue weighted by molar-refractivity contribution is 6.31. The summed E-state index contributed by atoms with van der Waals surface area (Å²) >= 11 is 5.85. The summed E-state index contributed by atoms with van der Waals surface area (Å²) in [6.45, 7) is 0. The number of phenolic OH excluding ortho intramolecular Hbond substituents is 1. The van der Waals surface area contributed by atoms with E-state index in [1.54, 1.807) is 36.4 Å². The number of aromatic nitrogens is 2. The summed E-state index contributed by atoms with van der Waals surface area (Å²) < 4.78 is 0. The average Bonchev–Trinajstić information content (AvgIpc) is 2.81. The summed E-state index contributed by atoms with van der Waals surface area (Å²) in [7, 11) is 0. The SMILES string of the molecule is O=C(Nc1n[nH]c2ccc(O)cc12)c1cccc(Cl)c1. The van der Waals surface area contributed by atoms with Crippen molar-refractivity contribution in [3.05, 3.63) is 53.1 Å². The normalized spacial score (nSPS) is 10.7. The number of hydrogen-bond donors (Lipinski definition) is 3. The fraction of sp³-hybridized carbons (Fsp3) is 0. The summed E-state index contributed by atoms with van der Waals surface area (Å²) in [5.74, 6) is 0.155. The number of carbonyl (C=O) groups excluding carboxylic acids is 1. The van der Waals surface area contributed by atoms with E-state index in [0.717, 1.165) is 5.52 Å². The number of amides is 1. The van der Waals surface area contributed by atoms with Crippen molar-refractivity contribution in [1.29, 1.82) is 0 Å². The van der Waals surface area contributed by atoms with Crippen molar-refractivity contribution in [2.24, 2.45) is 0 Å². The zero-order chi connectivity index (χ0) is 14.1. The van der Waals surface area contributed by atoms with Gasteiger partial charge in [-0.1, -0.05) is 17.7 Å². The van der Waals surface area contributed by atoms with Gasteiger partial charge in [-0.05, 0) is 36.4 Å². The first-order valence-corrected chi connectivity index (χ1v) is 6.25. The number of phenols is 1. The molecule has 0 spiro atoms. The zero-order valence-corrected chi connectivity index (χ0v) is 11.0. The van der Waals surface area contributed by atoms with Crippen molar-refractivity contribution in [3.63, 3.8) is 0 Å². The largest absolute Gasteiger partial charge is 0.508 e. The minimum Gasteiger partial charge on any atom is -0.508 e. The highest BCUT2D eigenvalue weighted by Crippen LogP contribution is 2.25. The Morgan fingerprint density at radius 3 is 2.90 bits per heavy atom. The van der Waals surface area contributed by atoms with Crippen LogP contribution in [0, 0.1) is 0 Å². The second kappa shape index (κ2) is 4.86. The third kappa shape index (κ3) is 2.31. The van der Waals surface area contributed by atoms with Crippen LogP contribution in [0.2, 0.25) is 5.02 Å². The molecule has 0 atom stereocenters. The van der Waals surface area contributed by atoms with Gasteiger partial charge < -0.3 is 10.4 Å². The Balaban J connectivity index is 1.93. The van der Waals surface area contributed by atoms with Gasteiger partial charge in [0.1, 0.15) is 5.75 Å². The number of aromatic amines is 1. The molecule has 0 aliphatic carbocycles. The number of carbonyl (C=O) groups is 1. The smallest absolute Gasteiger partial charge is 0.256 e. The van der Waals surface area contributed by atoms with Gasteiger partial charge in [0.15, 0.2) is 5.82 Å². The molecule has 0 fully saturated rings. The van der Waals surface area contributed by atoms with E-state index in [0.29, 0.717) is 21.8 Å². The molecule has 0 bridgehead atoms. The van der Waals surface area contributed by atoms with Crippen molar-refractivity contribution in [1.82, 2.24) is 10.2 Å². The topological polar surface area (TPSA) is 78.0 Å². The molecule has 1 aromatic heterocycles. The molecule has 0 saturated heterocycles. The highest BCUT2D eigenvalue weighted by atomic mass is 35.5. The Morgan fingerprint density at radius 1 is 1.25 bits per heavy atom. The summed E-state index contributed by atoms with van der Waals surface area (Å²) in [6.07, 6.45) is 0. The summed E-state index contributed by atoms with van der Waals surface area (Å²) in [4.78, 5) is 12.1. The third-order valence-corrected chi connectivity index (χ3v) is 3.10. The first-order valence-electron chi connectivity index (χ1n) is 5.87. The van der Waals surface area contributed by atoms with Crippen molar-refractivity contribution in [2.75, 3.05) is 5.32 Å². The van der Waals surface area contributed by atoms with Crippen molar-refractivity contribution in [3.8, 4) is 5.75 Å². The monoisotopic (exact) mass is 287 g/mol. The number of hydrogen-bond acceptors (Lipinski definition) is 3. The predicted octanol–water partition coefficient (Wildman–Crippen LogP) is 3.17. The molecule has 20 heavy (non-hydrogen) atoms. The zero-order valence-electron chi connectivity index (χ0n) is 10.2. The van der Waals surface area contributed by atoms with Gasteiger partial charge in [0.05, 0.1) is 5.52 Å². The van der Waals surface area contributed by atoms with E-state index in [9.17, 15) is 9.90 Å². The molecule has 0 saturated carbocycles. The van der Waals surface area contributed by atoms with Gasteiger partial charge in [0, 0.05) is 16.0 Å². The van der Waals surface area contributed by atoms with Crippen molar-refractivity contribution >= 4 is 34.2 Å². The van der Waals surface area contributed by atoms with E-state index in [4.69, 9.17) is 11.6 Å². The number of anilines is 1. The van der Waals surface area contributed by atoms with Crippen molar-refractivity contribution in [2.45, 2.75) is 0 Å². The van der Waals surface area contributed by atoms with Gasteiger partial charge in [0.2, 0.25) is 0 Å². The molecule has 0 aliphatic rings. The van der Waals surface area contributed by atoms with Gasteiger partial charge in [0.25, 0.3) is 5.91 Å². The first-order chi connectivity index (χ1) is 9.63. The van der Waals surface area contributed by atoms with Gasteiger partial charge in [-0.15, -0.1) is 0 Å². The van der Waals surface area contributed by atoms with Crippen LogP contribution < -0.4 is 5.32 Å². The second-order valence-electron chi connectivity index (χ2n) is 4.27. The van der Waals surface area contributed by atoms with Crippen LogP contribution in [-0.4, -0.2) is 21.2 Å². The lowest BCUT2D eigenvalue weighted by atomic mass is 10.2. The van der Waals surface area contributed by atoms with E-state index >= 15 is 0 Å². The second-order valence-corrected chi connectivity index (χ2v) is 4.70. The van der Waals surface area contributed by atoms with E-state index in [1.165, 1.54) is 6.07 Å². The van der Waals surface area contributed by atoms with Crippen LogP contribution in [0.25, 0.3) is 10.9 Å². The molecule has 3 rings (SSSR count). The van der Waals surface area contributed by atoms with Crippen LogP contribution in [0.15, 0.2) is 42.5 Å². The standard InChI is InChI=1S/C14H10ClN3O2/c15-9-3-1-2-8(6-9)14(20)16-13-11-7-10(19)4-5-12(11)17-18-13/h1-7,19H,(H2,16,17,18,20). The minimum atomic E-state index is -0.316. The Bertz CT molecular complexity index is 798. The molecular weight excluding hydrogens is 278 g/mol. The van der Waals surface area contributed by atoms with Gasteiger partial charge in [-0.3, -0.25) is 9.89 Å². The van der Waals surface area contributed by atoms with Crippen molar-refractivity contribution < 1.29 is 9.90 Å². The van der Waals surface area contributed by atoms with Gasteiger partial charge >= 0.3 is 0 Å². The Labute approximate surface area is 119 Å². The summed E-state index contributed by atoms with van der Waals surface area (Å²) in [6, 6.07) is 11.4. The number of H-pyrrole nitrogens is 1. The number of benzene rings is 2. The van der Waals surface area contributed by atoms with Crippen LogP contribution in [-0.2, 0) is 0 Å². The predicted molar refractivity (Wildman–Crippen MR) is 77.2 cm³/mol. The average molecular weight is 288 g/mol. The maximum atomic E-state index is 12.1. The molecule has 100 valence electrons. The van der Waals surface area contributed by atoms with Gasteiger partial charge in [-0.2, -0.15) is 5.10 Å². The molecule has 3 N–H and O–H groups in total. The highest BCUT2D eigenvalue weighted by Gasteiger charge is 2.11. The lowest BCUT2D eigenvalue weighted by Crippen LogP contribution is -2.12. The van der Waals surface area contributed by atoms with Crippen LogP contribution >= 0.6 is 11.6 Å². The molecule has 0 unspecified atom stereocenters. The lowest BCUT2D eigenvalue weighted by Gasteiger charge is -2.03. The molecule has 2 aromatic carbocycles. The number of nitrogens with zero attached hydrogens (tertiary/aromatic N) is 1. The summed E-state index contributed by atoms with van der Waals surface area (Å²) in [5.41, 5.74) is 1.16. The molecule has 0 aliphatic heterocycles. The van der Waals surface area contributed by atoms with Gasteiger partial charge in [-0.25, -0.2) is 0 Å². The first kappa shape index (κ1) is 12.5. The fourth-order valence-corrected chi connectivity index (χ4v) is 2.10. The molecule has 5 nitrogen and oxygen atoms in total. The number of rotatable bonds is 2. The van der Waals surface area contributed by atoms with E-state index in [-0.39, 0.29) is 11.7 Å². The molecule has 1 heterocycles. The van der Waals surface area contributed by atoms with Crippen LogP contribution in [0.1, 0.15) is 10.4 Å². The van der Waals surface area contributed by atoms with Crippen LogP contribution in [0.5, 0.6) is 5.75 Å². The third-order valence-electron chi connectivity index (χ3n) is 2.87. The molecule has 1 amide bonds. The molecule has 6 heteroatoms. The number of halogens is 1. The van der Waals surface area contributed by atoms with Crippen LogP contribution in [0.3, 0.4) is 0 Å². The summed E-state index contributed by atoms with van der Waals surface area (Å²) in [5, 5.41) is 20.1. The van der Waals surface area contributed by atoms with E-state index in [1.807, 2.05) is 0 Å². The number of aromatic hydroxyl groups is 1. The minimum absolute atomic E-state index is 0.108. The van der Waals surface area contributed by atoms with E-state index < -0.39 is 0 Å². The molecule has 3 aromatic rings. The number of fused-ring (bicyclic) bond motifs is 1. The molecular formula is C14H10ClN3O2. The number of nitrogens with one attached hydrogen (secondary N) is 2. The lowest BCUT2D eigenvalue weighted by molar-refractivity contribution is 0.102. The maximum absolute atomic E-state index is 12.1. The van der Waals surface area contributed by atoms with E-state index in [2.05, 4.69) is 15.5 Å². The Morgan fingerprint density at radius 2 is 2.10 bits per heavy atom.